The number of nitrogens with zero attached hydrogens (tertiary/aromatic N) is 6. The van der Waals surface area contributed by atoms with Crippen molar-refractivity contribution in [1.82, 2.24) is 30.5 Å². The molecule has 0 aromatic carbocycles. The van der Waals surface area contributed by atoms with Crippen molar-refractivity contribution in [3.63, 3.8) is 0 Å². The third kappa shape index (κ3) is 5.13. The first-order chi connectivity index (χ1) is 17.9. The molecule has 1 amide bonds. The molecule has 12 nitrogen and oxygen atoms in total. The summed E-state index contributed by atoms with van der Waals surface area (Å²) in [5.41, 5.74) is 1.30. The van der Waals surface area contributed by atoms with Crippen LogP contribution in [0.2, 0.25) is 0 Å². The van der Waals surface area contributed by atoms with Crippen LogP contribution in [-0.2, 0) is 0 Å². The molecule has 12 heteroatoms. The number of hydrogen-bond donors (Lipinski definition) is 3. The fraction of sp³-hybridized carbons (Fsp3) is 0.520. The predicted molar refractivity (Wildman–Crippen MR) is 133 cm³/mol. The highest BCUT2D eigenvalue weighted by atomic mass is 16.5. The number of aromatic nitrogens is 5. The largest absolute Gasteiger partial charge is 0.496 e. The van der Waals surface area contributed by atoms with E-state index in [1.165, 1.54) is 0 Å². The number of aliphatic hydroxyl groups excluding tert-OH is 1. The van der Waals surface area contributed by atoms with Gasteiger partial charge in [-0.2, -0.15) is 20.3 Å². The molecule has 0 bridgehead atoms. The summed E-state index contributed by atoms with van der Waals surface area (Å²) in [5, 5.41) is 29.9. The summed E-state index contributed by atoms with van der Waals surface area (Å²) < 4.78 is 11.3. The molecule has 3 N–H and O–H groups in total. The summed E-state index contributed by atoms with van der Waals surface area (Å²) in [6, 6.07) is 5.41. The third-order valence-electron chi connectivity index (χ3n) is 7.02. The number of nitriles is 1. The SMILES string of the molecule is COc1ccnc2[nH]nc(C3CCN(c4cc(C(=O)N[C@H](C)CO)nc(OCC5(C#N)CC5)n4)CC3)c12. The summed E-state index contributed by atoms with van der Waals surface area (Å²) in [7, 11) is 1.64. The maximum atomic E-state index is 12.8. The standard InChI is InChI=1S/C25H30N8O4/c1-15(12-34)28-23(35)17-11-19(30-24(29-17)37-14-25(13-26)6-7-25)33-9-4-16(5-10-33)21-20-18(36-2)3-8-27-22(20)32-31-21/h3,8,11,15-16,34H,4-7,9-10,12,14H2,1-2H3,(H,28,35)(H,27,31,32)/t15-/m1/s1. The quantitative estimate of drug-likeness (QED) is 0.391. The molecule has 1 aliphatic carbocycles. The molecule has 2 aliphatic rings. The van der Waals surface area contributed by atoms with E-state index in [4.69, 9.17) is 9.47 Å². The smallest absolute Gasteiger partial charge is 0.319 e. The number of piperidine rings is 1. The van der Waals surface area contributed by atoms with E-state index in [2.05, 4.69) is 41.4 Å². The topological polar surface area (TPSA) is 162 Å². The molecule has 1 atom stereocenters. The summed E-state index contributed by atoms with van der Waals surface area (Å²) in [6.07, 6.45) is 4.88. The van der Waals surface area contributed by atoms with Crippen molar-refractivity contribution in [3.8, 4) is 17.8 Å². The van der Waals surface area contributed by atoms with Gasteiger partial charge in [0.2, 0.25) is 0 Å². The number of hydrogen-bond acceptors (Lipinski definition) is 10. The highest BCUT2D eigenvalue weighted by Gasteiger charge is 2.44. The Kier molecular flexibility index (Phi) is 6.80. The van der Waals surface area contributed by atoms with Crippen LogP contribution in [0.5, 0.6) is 11.8 Å². The number of amides is 1. The van der Waals surface area contributed by atoms with Gasteiger partial charge in [-0.05, 0) is 38.7 Å². The Labute approximate surface area is 214 Å². The Morgan fingerprint density at radius 2 is 2.16 bits per heavy atom. The number of rotatable bonds is 9. The van der Waals surface area contributed by atoms with Gasteiger partial charge in [-0.15, -0.1) is 0 Å². The second-order valence-corrected chi connectivity index (χ2v) is 9.74. The number of anilines is 1. The maximum absolute atomic E-state index is 12.8. The number of aromatic amines is 1. The van der Waals surface area contributed by atoms with Crippen LogP contribution in [0.1, 0.15) is 54.7 Å². The van der Waals surface area contributed by atoms with Gasteiger partial charge < -0.3 is 24.8 Å². The van der Waals surface area contributed by atoms with Gasteiger partial charge in [0, 0.05) is 37.3 Å². The van der Waals surface area contributed by atoms with Gasteiger partial charge in [0.25, 0.3) is 5.91 Å². The Morgan fingerprint density at radius 1 is 1.38 bits per heavy atom. The number of methoxy groups -OCH3 is 1. The van der Waals surface area contributed by atoms with Gasteiger partial charge in [-0.25, -0.2) is 4.98 Å². The average Bonchev–Trinajstić information content (AvgIpc) is 3.60. The zero-order valence-electron chi connectivity index (χ0n) is 20.9. The van der Waals surface area contributed by atoms with Crippen LogP contribution in [0, 0.1) is 16.7 Å². The van der Waals surface area contributed by atoms with Crippen LogP contribution in [-0.4, -0.2) is 75.6 Å². The Bertz CT molecular complexity index is 1320. The molecular formula is C25H30N8O4. The molecule has 5 rings (SSSR count). The Hall–Kier alpha value is -3.98. The van der Waals surface area contributed by atoms with Crippen molar-refractivity contribution in [2.45, 2.75) is 44.6 Å². The van der Waals surface area contributed by atoms with Crippen LogP contribution in [0.3, 0.4) is 0 Å². The maximum Gasteiger partial charge on any atom is 0.319 e. The second kappa shape index (κ2) is 10.2. The molecule has 1 aliphatic heterocycles. The van der Waals surface area contributed by atoms with Gasteiger partial charge in [-0.1, -0.05) is 0 Å². The molecule has 0 radical (unpaired) electrons. The average molecular weight is 507 g/mol. The van der Waals surface area contributed by atoms with Crippen LogP contribution in [0.4, 0.5) is 5.82 Å². The van der Waals surface area contributed by atoms with Crippen molar-refractivity contribution >= 4 is 22.8 Å². The molecule has 4 heterocycles. The van der Waals surface area contributed by atoms with Gasteiger partial charge in [0.05, 0.1) is 36.3 Å². The van der Waals surface area contributed by atoms with Crippen molar-refractivity contribution in [2.24, 2.45) is 5.41 Å². The van der Waals surface area contributed by atoms with E-state index in [1.807, 2.05) is 6.07 Å². The molecule has 0 unspecified atom stereocenters. The lowest BCUT2D eigenvalue weighted by atomic mass is 9.92. The summed E-state index contributed by atoms with van der Waals surface area (Å²) in [6.45, 7) is 3.08. The number of fused-ring (bicyclic) bond motifs is 1. The van der Waals surface area contributed by atoms with Crippen LogP contribution >= 0.6 is 0 Å². The van der Waals surface area contributed by atoms with Crippen LogP contribution < -0.4 is 19.7 Å². The van der Waals surface area contributed by atoms with E-state index in [9.17, 15) is 15.2 Å². The summed E-state index contributed by atoms with van der Waals surface area (Å²) in [5.74, 6) is 1.11. The lowest BCUT2D eigenvalue weighted by Crippen LogP contribution is -2.37. The number of pyridine rings is 1. The van der Waals surface area contributed by atoms with Crippen molar-refractivity contribution in [3.05, 3.63) is 29.7 Å². The second-order valence-electron chi connectivity index (χ2n) is 9.74. The first-order valence-corrected chi connectivity index (χ1v) is 12.4. The monoisotopic (exact) mass is 506 g/mol. The van der Waals surface area contributed by atoms with E-state index < -0.39 is 17.4 Å². The fourth-order valence-electron chi connectivity index (χ4n) is 4.53. The first-order valence-electron chi connectivity index (χ1n) is 12.4. The number of H-pyrrole nitrogens is 1. The van der Waals surface area contributed by atoms with Gasteiger partial charge in [0.15, 0.2) is 5.65 Å². The van der Waals surface area contributed by atoms with E-state index in [-0.39, 0.29) is 30.8 Å². The number of aliphatic hydroxyl groups is 1. The molecular weight excluding hydrogens is 476 g/mol. The number of carbonyl (C=O) groups excluding carboxylic acids is 1. The fourth-order valence-corrected chi connectivity index (χ4v) is 4.53. The molecule has 1 saturated heterocycles. The molecule has 1 saturated carbocycles. The summed E-state index contributed by atoms with van der Waals surface area (Å²) >= 11 is 0. The van der Waals surface area contributed by atoms with Crippen molar-refractivity contribution in [2.75, 3.05) is 38.3 Å². The van der Waals surface area contributed by atoms with Crippen LogP contribution in [0.15, 0.2) is 18.3 Å². The molecule has 194 valence electrons. The highest BCUT2D eigenvalue weighted by Crippen LogP contribution is 2.45. The van der Waals surface area contributed by atoms with Crippen molar-refractivity contribution in [1.29, 1.82) is 5.26 Å². The first kappa shape index (κ1) is 24.7. The molecule has 37 heavy (non-hydrogen) atoms. The minimum atomic E-state index is -0.492. The van der Waals surface area contributed by atoms with E-state index in [1.54, 1.807) is 26.3 Å². The molecule has 2 fully saturated rings. The Balaban J connectivity index is 1.35. The third-order valence-corrected chi connectivity index (χ3v) is 7.02. The predicted octanol–water partition coefficient (Wildman–Crippen LogP) is 1.93. The zero-order valence-corrected chi connectivity index (χ0v) is 20.9. The van der Waals surface area contributed by atoms with Gasteiger partial charge in [0.1, 0.15) is 23.9 Å². The van der Waals surface area contributed by atoms with Crippen LogP contribution in [0.25, 0.3) is 11.0 Å². The lowest BCUT2D eigenvalue weighted by Gasteiger charge is -2.32. The van der Waals surface area contributed by atoms with E-state index in [0.717, 1.165) is 42.5 Å². The minimum absolute atomic E-state index is 0.0667. The van der Waals surface area contributed by atoms with Crippen molar-refractivity contribution < 1.29 is 19.4 Å². The normalized spacial score (nSPS) is 17.7. The number of carbonyl (C=O) groups is 1. The molecule has 3 aromatic heterocycles. The highest BCUT2D eigenvalue weighted by molar-refractivity contribution is 5.93. The Morgan fingerprint density at radius 3 is 2.84 bits per heavy atom. The molecule has 3 aromatic rings. The number of nitrogens with one attached hydrogen (secondary N) is 2. The minimum Gasteiger partial charge on any atom is -0.496 e. The zero-order chi connectivity index (χ0) is 26.0. The summed E-state index contributed by atoms with van der Waals surface area (Å²) in [4.78, 5) is 28.1. The van der Waals surface area contributed by atoms with Gasteiger partial charge >= 0.3 is 6.01 Å². The molecule has 0 spiro atoms. The van der Waals surface area contributed by atoms with E-state index in [0.29, 0.717) is 24.6 Å². The number of ether oxygens (including phenoxy) is 2. The van der Waals surface area contributed by atoms with E-state index >= 15 is 0 Å². The lowest BCUT2D eigenvalue weighted by molar-refractivity contribution is 0.0915. The van der Waals surface area contributed by atoms with Gasteiger partial charge in [-0.3, -0.25) is 9.89 Å².